The molecule has 1 aliphatic carbocycles. The van der Waals surface area contributed by atoms with Gasteiger partial charge in [0.25, 0.3) is 0 Å². The van der Waals surface area contributed by atoms with E-state index in [4.69, 9.17) is 4.74 Å². The van der Waals surface area contributed by atoms with Crippen molar-refractivity contribution in [1.82, 2.24) is 5.32 Å². The van der Waals surface area contributed by atoms with E-state index in [2.05, 4.69) is 18.5 Å². The molecule has 0 saturated heterocycles. The zero-order valence-corrected chi connectivity index (χ0v) is 22.3. The molecule has 2 atom stereocenters. The molecule has 2 aromatic rings. The zero-order valence-electron chi connectivity index (χ0n) is 22.3. The molecular formula is C31H36F3NO4. The molecule has 0 radical (unpaired) electrons. The maximum absolute atomic E-state index is 16.0. The highest BCUT2D eigenvalue weighted by Gasteiger charge is 2.32. The number of halogens is 3. The topological polar surface area (TPSA) is 75.6 Å². The van der Waals surface area contributed by atoms with E-state index < -0.39 is 47.9 Å². The molecule has 0 spiro atoms. The standard InChI is InChI=1S/C31H36F3NO4/c1-4-7-8-9-11-20-14-22(32)17-25(33)29(20)21-15-23(19-12-13-19)30(34)24(16-21)26(18-28(37)39-6-3)35-31(38)27(36)10-5-2/h4-5,14-17,19,26-27,36H,1-2,6-13,18H2,3H3,(H,35,38)/t26-,27+/m0/s1. The second kappa shape index (κ2) is 14.1. The minimum Gasteiger partial charge on any atom is -0.466 e. The average Bonchev–Trinajstić information content (AvgIpc) is 3.72. The molecule has 1 amide bonds. The van der Waals surface area contributed by atoms with Gasteiger partial charge in [0, 0.05) is 23.6 Å². The van der Waals surface area contributed by atoms with Gasteiger partial charge in [-0.1, -0.05) is 12.2 Å². The second-order valence-corrected chi connectivity index (χ2v) is 9.81. The average molecular weight is 544 g/mol. The summed E-state index contributed by atoms with van der Waals surface area (Å²) in [5.41, 5.74) is 1.26. The fraction of sp³-hybridized carbons (Fsp3) is 0.419. The number of benzene rings is 2. The van der Waals surface area contributed by atoms with Crippen LogP contribution in [-0.2, 0) is 20.7 Å². The van der Waals surface area contributed by atoms with E-state index in [1.165, 1.54) is 18.2 Å². The van der Waals surface area contributed by atoms with Gasteiger partial charge in [0.2, 0.25) is 5.91 Å². The number of esters is 1. The molecule has 8 heteroatoms. The molecule has 1 saturated carbocycles. The van der Waals surface area contributed by atoms with E-state index in [0.717, 1.165) is 31.7 Å². The zero-order chi connectivity index (χ0) is 28.5. The third-order valence-corrected chi connectivity index (χ3v) is 6.74. The van der Waals surface area contributed by atoms with Crippen molar-refractivity contribution < 1.29 is 32.6 Å². The number of allylic oxidation sites excluding steroid dienone is 1. The highest BCUT2D eigenvalue weighted by molar-refractivity contribution is 5.82. The van der Waals surface area contributed by atoms with Gasteiger partial charge in [0.15, 0.2) is 0 Å². The first-order valence-corrected chi connectivity index (χ1v) is 13.4. The van der Waals surface area contributed by atoms with Crippen LogP contribution in [0.15, 0.2) is 49.6 Å². The van der Waals surface area contributed by atoms with Crippen molar-refractivity contribution in [2.75, 3.05) is 6.61 Å². The highest BCUT2D eigenvalue weighted by Crippen LogP contribution is 2.45. The first kappa shape index (κ1) is 30.2. The molecule has 210 valence electrons. The van der Waals surface area contributed by atoms with Crippen molar-refractivity contribution >= 4 is 11.9 Å². The van der Waals surface area contributed by atoms with Crippen LogP contribution in [0, 0.1) is 17.5 Å². The highest BCUT2D eigenvalue weighted by atomic mass is 19.1. The molecule has 1 fully saturated rings. The molecule has 0 bridgehead atoms. The summed E-state index contributed by atoms with van der Waals surface area (Å²) in [4.78, 5) is 25.1. The molecule has 1 aliphatic rings. The molecule has 2 aromatic carbocycles. The van der Waals surface area contributed by atoms with Crippen LogP contribution in [0.3, 0.4) is 0 Å². The van der Waals surface area contributed by atoms with Gasteiger partial charge in [-0.3, -0.25) is 9.59 Å². The van der Waals surface area contributed by atoms with Gasteiger partial charge in [-0.15, -0.1) is 13.2 Å². The van der Waals surface area contributed by atoms with Crippen LogP contribution in [0.2, 0.25) is 0 Å². The van der Waals surface area contributed by atoms with Gasteiger partial charge in [0.1, 0.15) is 23.6 Å². The molecule has 0 aliphatic heterocycles. The Bertz CT molecular complexity index is 1210. The Kier molecular flexibility index (Phi) is 10.9. The number of carbonyl (C=O) groups excluding carboxylic acids is 2. The lowest BCUT2D eigenvalue weighted by Gasteiger charge is -2.23. The Labute approximate surface area is 227 Å². The summed E-state index contributed by atoms with van der Waals surface area (Å²) in [7, 11) is 0. The number of rotatable bonds is 15. The van der Waals surface area contributed by atoms with Gasteiger partial charge >= 0.3 is 5.97 Å². The number of amides is 1. The predicted molar refractivity (Wildman–Crippen MR) is 144 cm³/mol. The normalized spacial score (nSPS) is 14.4. The quantitative estimate of drug-likeness (QED) is 0.151. The van der Waals surface area contributed by atoms with E-state index in [-0.39, 0.29) is 30.1 Å². The van der Waals surface area contributed by atoms with Crippen LogP contribution < -0.4 is 5.32 Å². The van der Waals surface area contributed by atoms with Crippen LogP contribution >= 0.6 is 0 Å². The SMILES string of the molecule is C=CCCCCc1cc(F)cc(F)c1-c1cc(C2CC2)c(F)c([C@H](CC(=O)OCC)NC(=O)[C@H](O)CC=C)c1. The van der Waals surface area contributed by atoms with Crippen LogP contribution in [0.1, 0.15) is 80.5 Å². The number of aryl methyl sites for hydroxylation is 1. The van der Waals surface area contributed by atoms with Crippen molar-refractivity contribution in [3.05, 3.63) is 83.7 Å². The van der Waals surface area contributed by atoms with E-state index >= 15 is 8.78 Å². The van der Waals surface area contributed by atoms with E-state index in [9.17, 15) is 19.1 Å². The maximum Gasteiger partial charge on any atom is 0.308 e. The Hall–Kier alpha value is -3.39. The third-order valence-electron chi connectivity index (χ3n) is 6.74. The summed E-state index contributed by atoms with van der Waals surface area (Å²) >= 11 is 0. The number of hydrogen-bond donors (Lipinski definition) is 2. The Morgan fingerprint density at radius 3 is 2.51 bits per heavy atom. The number of unbranched alkanes of at least 4 members (excludes halogenated alkanes) is 2. The summed E-state index contributed by atoms with van der Waals surface area (Å²) in [6, 6.07) is 3.87. The predicted octanol–water partition coefficient (Wildman–Crippen LogP) is 6.59. The van der Waals surface area contributed by atoms with Crippen LogP contribution in [0.25, 0.3) is 11.1 Å². The van der Waals surface area contributed by atoms with Gasteiger partial charge < -0.3 is 15.2 Å². The summed E-state index contributed by atoms with van der Waals surface area (Å²) in [5.74, 6) is -3.66. The molecule has 0 unspecified atom stereocenters. The fourth-order valence-corrected chi connectivity index (χ4v) is 4.67. The fourth-order valence-electron chi connectivity index (χ4n) is 4.67. The molecule has 2 N–H and O–H groups in total. The number of aliphatic hydroxyl groups is 1. The molecule has 5 nitrogen and oxygen atoms in total. The number of aliphatic hydroxyl groups excluding tert-OH is 1. The lowest BCUT2D eigenvalue weighted by molar-refractivity contribution is -0.144. The van der Waals surface area contributed by atoms with Gasteiger partial charge in [-0.2, -0.15) is 0 Å². The smallest absolute Gasteiger partial charge is 0.308 e. The Morgan fingerprint density at radius 2 is 1.87 bits per heavy atom. The number of nitrogens with one attached hydrogen (secondary N) is 1. The van der Waals surface area contributed by atoms with E-state index in [1.807, 2.05) is 0 Å². The lowest BCUT2D eigenvalue weighted by atomic mass is 9.89. The summed E-state index contributed by atoms with van der Waals surface area (Å²) in [5, 5.41) is 12.7. The van der Waals surface area contributed by atoms with E-state index in [1.54, 1.807) is 19.1 Å². The second-order valence-electron chi connectivity index (χ2n) is 9.81. The molecule has 0 heterocycles. The lowest BCUT2D eigenvalue weighted by Crippen LogP contribution is -2.38. The number of hydrogen-bond acceptors (Lipinski definition) is 4. The molecular weight excluding hydrogens is 507 g/mol. The van der Waals surface area contributed by atoms with Gasteiger partial charge in [0.05, 0.1) is 19.1 Å². The minimum absolute atomic E-state index is 0.0251. The van der Waals surface area contributed by atoms with Gasteiger partial charge in [-0.25, -0.2) is 13.2 Å². The summed E-state index contributed by atoms with van der Waals surface area (Å²) < 4.78 is 50.6. The molecule has 0 aromatic heterocycles. The Morgan fingerprint density at radius 1 is 1.13 bits per heavy atom. The summed E-state index contributed by atoms with van der Waals surface area (Å²) in [6.45, 7) is 8.92. The molecule has 39 heavy (non-hydrogen) atoms. The largest absolute Gasteiger partial charge is 0.466 e. The number of ether oxygens (including phenoxy) is 1. The minimum atomic E-state index is -1.45. The number of carbonyl (C=O) groups is 2. The maximum atomic E-state index is 16.0. The van der Waals surface area contributed by atoms with Crippen LogP contribution in [-0.4, -0.2) is 29.7 Å². The van der Waals surface area contributed by atoms with Crippen LogP contribution in [0.4, 0.5) is 13.2 Å². The third kappa shape index (κ3) is 8.05. The van der Waals surface area contributed by atoms with Crippen molar-refractivity contribution in [2.45, 2.75) is 76.4 Å². The molecule has 3 rings (SSSR count). The van der Waals surface area contributed by atoms with Crippen LogP contribution in [0.5, 0.6) is 0 Å². The summed E-state index contributed by atoms with van der Waals surface area (Å²) in [6.07, 6.45) is 5.40. The Balaban J connectivity index is 2.13. The van der Waals surface area contributed by atoms with Gasteiger partial charge in [-0.05, 0) is 86.3 Å². The first-order valence-electron chi connectivity index (χ1n) is 13.4. The van der Waals surface area contributed by atoms with Crippen molar-refractivity contribution in [3.63, 3.8) is 0 Å². The monoisotopic (exact) mass is 543 g/mol. The first-order chi connectivity index (χ1) is 18.7. The van der Waals surface area contributed by atoms with E-state index in [0.29, 0.717) is 29.5 Å². The van der Waals surface area contributed by atoms with Crippen molar-refractivity contribution in [2.24, 2.45) is 0 Å². The van der Waals surface area contributed by atoms with Crippen molar-refractivity contribution in [1.29, 1.82) is 0 Å². The van der Waals surface area contributed by atoms with Crippen molar-refractivity contribution in [3.8, 4) is 11.1 Å².